The average molecular weight is 719 g/mol. The van der Waals surface area contributed by atoms with Crippen LogP contribution < -0.4 is 20.7 Å². The van der Waals surface area contributed by atoms with Gasteiger partial charge in [0.05, 0.1) is 6.04 Å². The number of fused-ring (bicyclic) bond motifs is 1. The highest BCUT2D eigenvalue weighted by Crippen LogP contribution is 2.24. The third kappa shape index (κ3) is 10.5. The van der Waals surface area contributed by atoms with Crippen LogP contribution in [0.5, 0.6) is 5.75 Å². The number of carbonyl (C=O) groups is 4. The van der Waals surface area contributed by atoms with Crippen molar-refractivity contribution in [3.63, 3.8) is 0 Å². The summed E-state index contributed by atoms with van der Waals surface area (Å²) in [4.78, 5) is 62.4. The second-order valence-electron chi connectivity index (χ2n) is 15.1. The molecule has 2 fully saturated rings. The van der Waals surface area contributed by atoms with Gasteiger partial charge in [-0.05, 0) is 92.7 Å². The molecule has 0 saturated carbocycles. The maximum absolute atomic E-state index is 14.4. The largest absolute Gasteiger partial charge is 0.491 e. The van der Waals surface area contributed by atoms with Crippen molar-refractivity contribution in [2.75, 3.05) is 26.2 Å². The van der Waals surface area contributed by atoms with Gasteiger partial charge in [0.1, 0.15) is 36.3 Å². The summed E-state index contributed by atoms with van der Waals surface area (Å²) in [6.07, 6.45) is 7.32. The number of H-pyrrole nitrogens is 1. The van der Waals surface area contributed by atoms with Crippen LogP contribution in [-0.4, -0.2) is 88.9 Å². The standard InChI is InChI=1S/C40H55FN6O5/c1-26(2)21-34(43-38(49)35(22-27(3)4)45-40(51)46-18-8-5-9-19-46)37(48)44-36(23-28-24-42-33-13-7-6-12-32(28)33)39(50)47-20-10-11-30(47)25-52-31-16-14-29(41)15-17-31/h6-7,12-17,24,26-27,30,34-36,42H,5,8-11,18-23,25H2,1-4H3,(H,43,49)(H,44,48)(H,45,51)/t30-,34-,35-,36-/m0/s1. The molecule has 282 valence electrons. The number of hydrogen-bond acceptors (Lipinski definition) is 5. The Morgan fingerprint density at radius 1 is 0.808 bits per heavy atom. The second kappa shape index (κ2) is 18.2. The number of piperidine rings is 1. The van der Waals surface area contributed by atoms with Crippen LogP contribution in [0.25, 0.3) is 10.9 Å². The molecule has 11 nitrogen and oxygen atoms in total. The Morgan fingerprint density at radius 3 is 2.12 bits per heavy atom. The van der Waals surface area contributed by atoms with Crippen LogP contribution in [0, 0.1) is 17.7 Å². The minimum atomic E-state index is -0.927. The van der Waals surface area contributed by atoms with E-state index in [0.717, 1.165) is 48.6 Å². The van der Waals surface area contributed by atoms with Crippen molar-refractivity contribution in [1.82, 2.24) is 30.7 Å². The summed E-state index contributed by atoms with van der Waals surface area (Å²) in [7, 11) is 0. The van der Waals surface area contributed by atoms with Crippen LogP contribution in [0.15, 0.2) is 54.7 Å². The highest BCUT2D eigenvalue weighted by atomic mass is 19.1. The maximum atomic E-state index is 14.4. The van der Waals surface area contributed by atoms with E-state index in [1.807, 2.05) is 58.2 Å². The molecule has 4 N–H and O–H groups in total. The van der Waals surface area contributed by atoms with Gasteiger partial charge in [0, 0.05) is 43.2 Å². The first-order chi connectivity index (χ1) is 25.0. The fraction of sp³-hybridized carbons (Fsp3) is 0.550. The van der Waals surface area contributed by atoms with Crippen molar-refractivity contribution in [2.24, 2.45) is 11.8 Å². The number of benzene rings is 2. The number of urea groups is 1. The molecule has 5 rings (SSSR count). The number of hydrogen-bond donors (Lipinski definition) is 4. The van der Waals surface area contributed by atoms with E-state index in [-0.39, 0.29) is 48.7 Å². The summed E-state index contributed by atoms with van der Waals surface area (Å²) < 4.78 is 19.4. The zero-order valence-corrected chi connectivity index (χ0v) is 31.0. The Morgan fingerprint density at radius 2 is 1.44 bits per heavy atom. The molecular formula is C40H55FN6O5. The molecule has 0 unspecified atom stereocenters. The number of para-hydroxylation sites is 1. The zero-order chi connectivity index (χ0) is 37.2. The van der Waals surface area contributed by atoms with Crippen LogP contribution in [0.4, 0.5) is 9.18 Å². The Balaban J connectivity index is 1.34. The summed E-state index contributed by atoms with van der Waals surface area (Å²) in [5, 5.41) is 9.89. The Kier molecular flexibility index (Phi) is 13.5. The molecular weight excluding hydrogens is 663 g/mol. The summed E-state index contributed by atoms with van der Waals surface area (Å²) in [6, 6.07) is 10.4. The summed E-state index contributed by atoms with van der Waals surface area (Å²) in [6.45, 7) is 9.98. The lowest BCUT2D eigenvalue weighted by Gasteiger charge is -2.32. The monoisotopic (exact) mass is 718 g/mol. The van der Waals surface area contributed by atoms with Crippen molar-refractivity contribution < 1.29 is 28.3 Å². The van der Waals surface area contributed by atoms with Crippen molar-refractivity contribution in [2.45, 2.75) is 103 Å². The number of aromatic amines is 1. The third-order valence-corrected chi connectivity index (χ3v) is 9.93. The van der Waals surface area contributed by atoms with Crippen LogP contribution in [0.2, 0.25) is 0 Å². The smallest absolute Gasteiger partial charge is 0.318 e. The zero-order valence-electron chi connectivity index (χ0n) is 31.0. The highest BCUT2D eigenvalue weighted by molar-refractivity contribution is 5.95. The fourth-order valence-electron chi connectivity index (χ4n) is 7.23. The second-order valence-corrected chi connectivity index (χ2v) is 15.1. The van der Waals surface area contributed by atoms with Gasteiger partial charge < -0.3 is 35.5 Å². The van der Waals surface area contributed by atoms with Gasteiger partial charge in [-0.1, -0.05) is 45.9 Å². The van der Waals surface area contributed by atoms with E-state index in [1.54, 1.807) is 21.9 Å². The van der Waals surface area contributed by atoms with Gasteiger partial charge in [0.25, 0.3) is 0 Å². The van der Waals surface area contributed by atoms with Crippen LogP contribution >= 0.6 is 0 Å². The number of rotatable bonds is 15. The van der Waals surface area contributed by atoms with E-state index >= 15 is 0 Å². The molecule has 2 aromatic carbocycles. The lowest BCUT2D eigenvalue weighted by Crippen LogP contribution is -2.59. The number of aromatic nitrogens is 1. The number of nitrogens with one attached hydrogen (secondary N) is 4. The van der Waals surface area contributed by atoms with Crippen molar-refractivity contribution in [3.05, 3.63) is 66.1 Å². The Hall–Kier alpha value is -4.61. The molecule has 12 heteroatoms. The van der Waals surface area contributed by atoms with Gasteiger partial charge in [0.2, 0.25) is 17.7 Å². The summed E-state index contributed by atoms with van der Waals surface area (Å²) in [5.74, 6) is -0.777. The molecule has 3 heterocycles. The van der Waals surface area contributed by atoms with Crippen LogP contribution in [-0.2, 0) is 20.8 Å². The number of amides is 5. The lowest BCUT2D eigenvalue weighted by molar-refractivity contribution is -0.138. The number of nitrogens with zero attached hydrogens (tertiary/aromatic N) is 2. The molecule has 0 bridgehead atoms. The van der Waals surface area contributed by atoms with Crippen molar-refractivity contribution >= 4 is 34.7 Å². The molecule has 0 aliphatic carbocycles. The van der Waals surface area contributed by atoms with E-state index < -0.39 is 29.9 Å². The van der Waals surface area contributed by atoms with Crippen LogP contribution in [0.1, 0.15) is 78.2 Å². The van der Waals surface area contributed by atoms with Gasteiger partial charge in [-0.25, -0.2) is 9.18 Å². The third-order valence-electron chi connectivity index (χ3n) is 9.93. The number of halogens is 1. The number of likely N-dealkylation sites (tertiary alicyclic amines) is 2. The normalized spacial score (nSPS) is 17.9. The molecule has 4 atom stereocenters. The minimum Gasteiger partial charge on any atom is -0.491 e. The summed E-state index contributed by atoms with van der Waals surface area (Å²) >= 11 is 0. The number of carbonyl (C=O) groups excluding carboxylic acids is 4. The first kappa shape index (κ1) is 38.6. The van der Waals surface area contributed by atoms with Crippen LogP contribution in [0.3, 0.4) is 0 Å². The average Bonchev–Trinajstić information content (AvgIpc) is 3.77. The van der Waals surface area contributed by atoms with Gasteiger partial charge in [-0.15, -0.1) is 0 Å². The molecule has 5 amide bonds. The van der Waals surface area contributed by atoms with E-state index in [0.29, 0.717) is 38.2 Å². The first-order valence-electron chi connectivity index (χ1n) is 18.9. The number of ether oxygens (including phenoxy) is 1. The molecule has 0 radical (unpaired) electrons. The van der Waals surface area contributed by atoms with E-state index in [1.165, 1.54) is 12.1 Å². The fourth-order valence-corrected chi connectivity index (χ4v) is 7.23. The first-order valence-corrected chi connectivity index (χ1v) is 18.9. The molecule has 3 aromatic rings. The van der Waals surface area contributed by atoms with E-state index in [4.69, 9.17) is 4.74 Å². The van der Waals surface area contributed by atoms with Gasteiger partial charge in [0.15, 0.2) is 0 Å². The molecule has 2 aliphatic heterocycles. The summed E-state index contributed by atoms with van der Waals surface area (Å²) in [5.41, 5.74) is 1.81. The van der Waals surface area contributed by atoms with Gasteiger partial charge >= 0.3 is 6.03 Å². The quantitative estimate of drug-likeness (QED) is 0.164. The molecule has 2 saturated heterocycles. The van der Waals surface area contributed by atoms with E-state index in [9.17, 15) is 23.6 Å². The van der Waals surface area contributed by atoms with Crippen molar-refractivity contribution in [1.29, 1.82) is 0 Å². The Labute approximate surface area is 306 Å². The van der Waals surface area contributed by atoms with Gasteiger partial charge in [-0.2, -0.15) is 0 Å². The molecule has 1 aromatic heterocycles. The van der Waals surface area contributed by atoms with E-state index in [2.05, 4.69) is 20.9 Å². The predicted molar refractivity (Wildman–Crippen MR) is 199 cm³/mol. The highest BCUT2D eigenvalue weighted by Gasteiger charge is 2.37. The molecule has 2 aliphatic rings. The predicted octanol–water partition coefficient (Wildman–Crippen LogP) is 5.55. The Bertz CT molecular complexity index is 1650. The molecule has 0 spiro atoms. The molecule has 52 heavy (non-hydrogen) atoms. The topological polar surface area (TPSA) is 136 Å². The van der Waals surface area contributed by atoms with Crippen molar-refractivity contribution in [3.8, 4) is 5.75 Å². The van der Waals surface area contributed by atoms with Gasteiger partial charge in [-0.3, -0.25) is 14.4 Å². The maximum Gasteiger partial charge on any atom is 0.318 e. The lowest BCUT2D eigenvalue weighted by atomic mass is 9.99. The minimum absolute atomic E-state index is 0.0527. The SMILES string of the molecule is CC(C)C[C@H](NC(=O)[C@H](CC(C)C)NC(=O)N1CCCCC1)C(=O)N[C@@H](Cc1c[nH]c2ccccc12)C(=O)N1CCC[C@H]1COc1ccc(F)cc1.